The van der Waals surface area contributed by atoms with Gasteiger partial charge in [0.1, 0.15) is 0 Å². The summed E-state index contributed by atoms with van der Waals surface area (Å²) in [6, 6.07) is 3.53. The third kappa shape index (κ3) is 3.77. The summed E-state index contributed by atoms with van der Waals surface area (Å²) >= 11 is 0. The van der Waals surface area contributed by atoms with Gasteiger partial charge in [0, 0.05) is 11.7 Å². The highest BCUT2D eigenvalue weighted by Gasteiger charge is 2.30. The number of sulfonamides is 1. The van der Waals surface area contributed by atoms with Crippen LogP contribution in [0.15, 0.2) is 17.0 Å². The van der Waals surface area contributed by atoms with Crippen LogP contribution in [0, 0.1) is 19.3 Å². The molecule has 1 aromatic carbocycles. The average Bonchev–Trinajstić information content (AvgIpc) is 2.36. The third-order valence-corrected chi connectivity index (χ3v) is 6.14. The maximum absolute atomic E-state index is 12.6. The lowest BCUT2D eigenvalue weighted by molar-refractivity contribution is 0.218. The number of nitrogens with two attached hydrogens (primary N) is 1. The summed E-state index contributed by atoms with van der Waals surface area (Å²) in [5.74, 6) is 0. The Morgan fingerprint density at radius 1 is 1.19 bits per heavy atom. The van der Waals surface area contributed by atoms with Crippen LogP contribution in [-0.4, -0.2) is 14.5 Å². The highest BCUT2D eigenvalue weighted by Crippen LogP contribution is 2.35. The van der Waals surface area contributed by atoms with Gasteiger partial charge < -0.3 is 5.73 Å². The molecule has 5 heteroatoms. The molecule has 0 amide bonds. The van der Waals surface area contributed by atoms with Crippen molar-refractivity contribution >= 4 is 15.7 Å². The predicted molar refractivity (Wildman–Crippen MR) is 86.7 cm³/mol. The molecule has 0 aromatic heterocycles. The van der Waals surface area contributed by atoms with Crippen LogP contribution in [-0.2, 0) is 10.0 Å². The van der Waals surface area contributed by atoms with E-state index in [9.17, 15) is 8.42 Å². The lowest BCUT2D eigenvalue weighted by atomic mass is 9.76. The monoisotopic (exact) mass is 310 g/mol. The second kappa shape index (κ2) is 5.61. The molecule has 0 unspecified atom stereocenters. The van der Waals surface area contributed by atoms with Crippen LogP contribution >= 0.6 is 0 Å². The molecule has 1 fully saturated rings. The molecule has 1 aromatic rings. The van der Waals surface area contributed by atoms with Gasteiger partial charge in [0.25, 0.3) is 0 Å². The zero-order valence-corrected chi connectivity index (χ0v) is 14.2. The molecule has 0 radical (unpaired) electrons. The van der Waals surface area contributed by atoms with Gasteiger partial charge in [-0.15, -0.1) is 0 Å². The first-order chi connectivity index (χ1) is 9.61. The first-order valence-corrected chi connectivity index (χ1v) is 8.98. The highest BCUT2D eigenvalue weighted by atomic mass is 32.2. The summed E-state index contributed by atoms with van der Waals surface area (Å²) in [5, 5.41) is 0. The molecule has 118 valence electrons. The van der Waals surface area contributed by atoms with Gasteiger partial charge in [-0.1, -0.05) is 13.8 Å². The van der Waals surface area contributed by atoms with Crippen molar-refractivity contribution in [2.75, 3.05) is 5.73 Å². The van der Waals surface area contributed by atoms with Gasteiger partial charge in [-0.3, -0.25) is 0 Å². The molecule has 0 atom stereocenters. The number of hydrogen-bond acceptors (Lipinski definition) is 3. The van der Waals surface area contributed by atoms with Crippen LogP contribution in [0.3, 0.4) is 0 Å². The summed E-state index contributed by atoms with van der Waals surface area (Å²) in [5.41, 5.74) is 8.24. The van der Waals surface area contributed by atoms with Crippen molar-refractivity contribution in [1.29, 1.82) is 0 Å². The van der Waals surface area contributed by atoms with Crippen LogP contribution < -0.4 is 10.5 Å². The smallest absolute Gasteiger partial charge is 0.241 e. The van der Waals surface area contributed by atoms with Crippen LogP contribution in [0.4, 0.5) is 5.69 Å². The van der Waals surface area contributed by atoms with Crippen molar-refractivity contribution in [3.05, 3.63) is 23.3 Å². The quantitative estimate of drug-likeness (QED) is 0.842. The number of nitrogens with one attached hydrogen (secondary N) is 1. The second-order valence-corrected chi connectivity index (χ2v) is 8.72. The van der Waals surface area contributed by atoms with Crippen LogP contribution in [0.2, 0.25) is 0 Å². The van der Waals surface area contributed by atoms with Gasteiger partial charge in [-0.05, 0) is 68.2 Å². The second-order valence-electron chi connectivity index (χ2n) is 7.04. The Labute approximate surface area is 128 Å². The van der Waals surface area contributed by atoms with E-state index in [2.05, 4.69) is 18.6 Å². The van der Waals surface area contributed by atoms with Gasteiger partial charge in [0.15, 0.2) is 0 Å². The summed E-state index contributed by atoms with van der Waals surface area (Å²) in [7, 11) is -3.50. The fraction of sp³-hybridized carbons (Fsp3) is 0.625. The molecule has 0 heterocycles. The van der Waals surface area contributed by atoms with Crippen LogP contribution in [0.5, 0.6) is 0 Å². The maximum atomic E-state index is 12.6. The predicted octanol–water partition coefficient (Wildman–Crippen LogP) is 3.13. The zero-order valence-electron chi connectivity index (χ0n) is 13.4. The van der Waals surface area contributed by atoms with E-state index >= 15 is 0 Å². The van der Waals surface area contributed by atoms with E-state index in [-0.39, 0.29) is 6.04 Å². The zero-order chi connectivity index (χ0) is 15.8. The first-order valence-electron chi connectivity index (χ1n) is 7.50. The lowest BCUT2D eigenvalue weighted by Gasteiger charge is -2.34. The highest BCUT2D eigenvalue weighted by molar-refractivity contribution is 7.89. The Morgan fingerprint density at radius 2 is 1.76 bits per heavy atom. The van der Waals surface area contributed by atoms with Crippen molar-refractivity contribution in [1.82, 2.24) is 4.72 Å². The van der Waals surface area contributed by atoms with E-state index in [4.69, 9.17) is 5.73 Å². The standard InChI is InChI=1S/C16H26N2O2S/c1-11-9-14(17)12(2)15(10-11)21(19,20)18-13-5-7-16(3,4)8-6-13/h9-10,13,18H,5-8,17H2,1-4H3. The molecule has 1 saturated carbocycles. The molecule has 4 nitrogen and oxygen atoms in total. The molecule has 0 saturated heterocycles. The van der Waals surface area contributed by atoms with Gasteiger partial charge in [0.2, 0.25) is 10.0 Å². The Morgan fingerprint density at radius 3 is 2.33 bits per heavy atom. The number of rotatable bonds is 3. The third-order valence-electron chi connectivity index (χ3n) is 4.50. The van der Waals surface area contributed by atoms with Crippen molar-refractivity contribution < 1.29 is 8.42 Å². The molecule has 2 rings (SSSR count). The fourth-order valence-corrected chi connectivity index (χ4v) is 4.60. The van der Waals surface area contributed by atoms with Crippen LogP contribution in [0.25, 0.3) is 0 Å². The molecule has 21 heavy (non-hydrogen) atoms. The van der Waals surface area contributed by atoms with E-state index in [1.807, 2.05) is 6.92 Å². The molecule has 3 N–H and O–H groups in total. The molecule has 1 aliphatic carbocycles. The SMILES string of the molecule is Cc1cc(N)c(C)c(S(=O)(=O)NC2CCC(C)(C)CC2)c1. The average molecular weight is 310 g/mol. The molecular formula is C16H26N2O2S. The summed E-state index contributed by atoms with van der Waals surface area (Å²) in [6.07, 6.45) is 3.89. The van der Waals surface area contributed by atoms with Gasteiger partial charge in [-0.25, -0.2) is 13.1 Å². The summed E-state index contributed by atoms with van der Waals surface area (Å²) in [4.78, 5) is 0.310. The number of hydrogen-bond donors (Lipinski definition) is 2. The Hall–Kier alpha value is -1.07. The largest absolute Gasteiger partial charge is 0.398 e. The first kappa shape index (κ1) is 16.3. The number of aryl methyl sites for hydroxylation is 1. The molecule has 0 spiro atoms. The topological polar surface area (TPSA) is 72.2 Å². The van der Waals surface area contributed by atoms with Crippen molar-refractivity contribution in [2.45, 2.75) is 64.3 Å². The van der Waals surface area contributed by atoms with Gasteiger partial charge >= 0.3 is 0 Å². The molecule has 0 bridgehead atoms. The minimum absolute atomic E-state index is 0.0316. The van der Waals surface area contributed by atoms with E-state index in [0.29, 0.717) is 21.6 Å². The molecular weight excluding hydrogens is 284 g/mol. The normalized spacial score (nSPS) is 19.6. The maximum Gasteiger partial charge on any atom is 0.241 e. The van der Waals surface area contributed by atoms with E-state index in [1.165, 1.54) is 0 Å². The van der Waals surface area contributed by atoms with Crippen molar-refractivity contribution in [3.63, 3.8) is 0 Å². The minimum Gasteiger partial charge on any atom is -0.398 e. The Bertz CT molecular complexity index is 626. The van der Waals surface area contributed by atoms with E-state index < -0.39 is 10.0 Å². The Balaban J connectivity index is 2.20. The fourth-order valence-electron chi connectivity index (χ4n) is 2.93. The number of benzene rings is 1. The van der Waals surface area contributed by atoms with Crippen LogP contribution in [0.1, 0.15) is 50.7 Å². The summed E-state index contributed by atoms with van der Waals surface area (Å²) < 4.78 is 28.1. The summed E-state index contributed by atoms with van der Waals surface area (Å²) in [6.45, 7) is 8.09. The van der Waals surface area contributed by atoms with Gasteiger partial charge in [-0.2, -0.15) is 0 Å². The molecule has 0 aliphatic heterocycles. The van der Waals surface area contributed by atoms with E-state index in [1.54, 1.807) is 19.1 Å². The van der Waals surface area contributed by atoms with Gasteiger partial charge in [0.05, 0.1) is 4.90 Å². The van der Waals surface area contributed by atoms with E-state index in [0.717, 1.165) is 31.2 Å². The van der Waals surface area contributed by atoms with Crippen molar-refractivity contribution in [2.24, 2.45) is 5.41 Å². The lowest BCUT2D eigenvalue weighted by Crippen LogP contribution is -2.39. The minimum atomic E-state index is -3.50. The number of anilines is 1. The van der Waals surface area contributed by atoms with Crippen molar-refractivity contribution in [3.8, 4) is 0 Å². The number of nitrogen functional groups attached to an aromatic ring is 1. The molecule has 1 aliphatic rings. The Kier molecular flexibility index (Phi) is 4.36.